The van der Waals surface area contributed by atoms with Gasteiger partial charge in [0, 0.05) is 18.3 Å². The van der Waals surface area contributed by atoms with Gasteiger partial charge in [0.1, 0.15) is 5.82 Å². The minimum absolute atomic E-state index is 0.0617. The molecule has 2 unspecified atom stereocenters. The third-order valence-electron chi connectivity index (χ3n) is 4.17. The highest BCUT2D eigenvalue weighted by molar-refractivity contribution is 6.31. The van der Waals surface area contributed by atoms with E-state index in [-0.39, 0.29) is 35.7 Å². The number of fused-ring (bicyclic) bond motifs is 1. The van der Waals surface area contributed by atoms with Crippen LogP contribution in [0, 0.1) is 5.82 Å². The number of pyridine rings is 1. The van der Waals surface area contributed by atoms with Gasteiger partial charge in [-0.05, 0) is 30.5 Å². The first kappa shape index (κ1) is 16.8. The fourth-order valence-electron chi connectivity index (χ4n) is 2.86. The molecule has 2 atom stereocenters. The molecule has 0 aliphatic heterocycles. The van der Waals surface area contributed by atoms with Crippen LogP contribution in [-0.4, -0.2) is 16.0 Å². The van der Waals surface area contributed by atoms with Gasteiger partial charge in [0.15, 0.2) is 0 Å². The van der Waals surface area contributed by atoms with Crippen molar-refractivity contribution in [3.8, 4) is 0 Å². The Bertz CT molecular complexity index is 787. The molecule has 0 bridgehead atoms. The summed E-state index contributed by atoms with van der Waals surface area (Å²) in [6.07, 6.45) is 0.484. The van der Waals surface area contributed by atoms with Gasteiger partial charge in [0.05, 0.1) is 16.8 Å². The lowest BCUT2D eigenvalue weighted by Gasteiger charge is -2.32. The minimum atomic E-state index is -2.29. The molecule has 1 aromatic heterocycles. The highest BCUT2D eigenvalue weighted by Crippen LogP contribution is 2.42. The van der Waals surface area contributed by atoms with E-state index < -0.39 is 23.5 Å². The molecule has 7 heteroatoms. The Kier molecular flexibility index (Phi) is 4.51. The van der Waals surface area contributed by atoms with Crippen LogP contribution in [0.3, 0.4) is 0 Å². The van der Waals surface area contributed by atoms with Crippen LogP contribution in [0.2, 0.25) is 5.02 Å². The van der Waals surface area contributed by atoms with Crippen LogP contribution in [0.15, 0.2) is 36.5 Å². The molecule has 1 aromatic carbocycles. The smallest absolute Gasteiger partial charge is 0.262 e. The molecule has 0 radical (unpaired) electrons. The first-order chi connectivity index (χ1) is 11.4. The normalized spacial score (nSPS) is 22.8. The van der Waals surface area contributed by atoms with E-state index in [2.05, 4.69) is 10.3 Å². The molecule has 0 saturated heterocycles. The molecule has 126 valence electrons. The first-order valence-corrected chi connectivity index (χ1v) is 7.85. The molecule has 0 spiro atoms. The average Bonchev–Trinajstić information content (AvgIpc) is 2.59. The molecular weight excluding hydrogens is 338 g/mol. The van der Waals surface area contributed by atoms with Crippen molar-refractivity contribution in [2.24, 2.45) is 0 Å². The molecule has 2 aromatic rings. The minimum Gasteiger partial charge on any atom is -0.387 e. The van der Waals surface area contributed by atoms with Crippen molar-refractivity contribution < 1.29 is 18.7 Å². The second-order valence-electron chi connectivity index (χ2n) is 5.69. The molecule has 1 aliphatic carbocycles. The van der Waals surface area contributed by atoms with Crippen LogP contribution >= 0.6 is 11.6 Å². The van der Waals surface area contributed by atoms with Crippen molar-refractivity contribution in [1.29, 1.82) is 0 Å². The number of carbonyl (C=O) groups is 1. The maximum atomic E-state index is 15.3. The molecule has 1 aliphatic rings. The van der Waals surface area contributed by atoms with Gasteiger partial charge in [-0.1, -0.05) is 29.8 Å². The van der Waals surface area contributed by atoms with E-state index in [0.29, 0.717) is 5.56 Å². The lowest BCUT2D eigenvalue weighted by molar-refractivity contribution is -0.135. The highest BCUT2D eigenvalue weighted by atomic mass is 35.5. The van der Waals surface area contributed by atoms with Crippen LogP contribution in [0.5, 0.6) is 0 Å². The molecule has 3 rings (SSSR count). The molecule has 0 fully saturated rings. The Hall–Kier alpha value is -2.05. The Labute approximate surface area is 142 Å². The second-order valence-corrected chi connectivity index (χ2v) is 6.07. The number of halogens is 3. The lowest BCUT2D eigenvalue weighted by atomic mass is 9.81. The van der Waals surface area contributed by atoms with Gasteiger partial charge in [-0.15, -0.1) is 0 Å². The monoisotopic (exact) mass is 352 g/mol. The van der Waals surface area contributed by atoms with Gasteiger partial charge in [-0.25, -0.2) is 8.78 Å². The number of rotatable bonds is 3. The van der Waals surface area contributed by atoms with Crippen LogP contribution in [0.4, 0.5) is 8.78 Å². The third-order valence-corrected chi connectivity index (χ3v) is 4.60. The number of nitrogens with one attached hydrogen (secondary N) is 1. The van der Waals surface area contributed by atoms with Crippen molar-refractivity contribution in [3.63, 3.8) is 0 Å². The van der Waals surface area contributed by atoms with E-state index in [9.17, 15) is 14.3 Å². The average molecular weight is 353 g/mol. The maximum absolute atomic E-state index is 15.3. The van der Waals surface area contributed by atoms with E-state index in [4.69, 9.17) is 11.6 Å². The van der Waals surface area contributed by atoms with E-state index in [1.165, 1.54) is 30.5 Å². The van der Waals surface area contributed by atoms with Gasteiger partial charge in [-0.3, -0.25) is 9.78 Å². The summed E-state index contributed by atoms with van der Waals surface area (Å²) in [7, 11) is 0. The summed E-state index contributed by atoms with van der Waals surface area (Å²) in [5.41, 5.74) is -1.70. The predicted octanol–water partition coefficient (Wildman–Crippen LogP) is 3.18. The number of amides is 1. The summed E-state index contributed by atoms with van der Waals surface area (Å²) >= 11 is 5.83. The lowest BCUT2D eigenvalue weighted by Crippen LogP contribution is -2.44. The quantitative estimate of drug-likeness (QED) is 0.891. The summed E-state index contributed by atoms with van der Waals surface area (Å²) < 4.78 is 28.8. The second kappa shape index (κ2) is 6.45. The van der Waals surface area contributed by atoms with E-state index >= 15 is 4.39 Å². The Morgan fingerprint density at radius 2 is 2.21 bits per heavy atom. The standard InChI is InChI=1S/C17H15ClF2N2O2/c18-14-10(3-1-5-12(14)19)9-22-16(24)17(20)7-6-13(23)15-11(17)4-2-8-21-15/h1-5,8,13,23H,6-7,9H2,(H,22,24). The number of hydrogen-bond acceptors (Lipinski definition) is 3. The van der Waals surface area contributed by atoms with E-state index in [0.717, 1.165) is 0 Å². The molecule has 0 saturated carbocycles. The summed E-state index contributed by atoms with van der Waals surface area (Å²) in [6, 6.07) is 7.18. The van der Waals surface area contributed by atoms with Crippen LogP contribution < -0.4 is 5.32 Å². The van der Waals surface area contributed by atoms with Crippen molar-refractivity contribution >= 4 is 17.5 Å². The van der Waals surface area contributed by atoms with Crippen LogP contribution in [-0.2, 0) is 17.0 Å². The SMILES string of the molecule is O=C(NCc1cccc(F)c1Cl)C1(F)CCC(O)c2ncccc21. The zero-order valence-electron chi connectivity index (χ0n) is 12.6. The van der Waals surface area contributed by atoms with Crippen molar-refractivity contribution in [1.82, 2.24) is 10.3 Å². The fourth-order valence-corrected chi connectivity index (χ4v) is 3.05. The Morgan fingerprint density at radius 1 is 1.42 bits per heavy atom. The van der Waals surface area contributed by atoms with Gasteiger partial charge < -0.3 is 10.4 Å². The largest absolute Gasteiger partial charge is 0.387 e. The molecule has 2 N–H and O–H groups in total. The molecule has 4 nitrogen and oxygen atoms in total. The van der Waals surface area contributed by atoms with Crippen molar-refractivity contribution in [2.45, 2.75) is 31.2 Å². The van der Waals surface area contributed by atoms with Crippen LogP contribution in [0.1, 0.15) is 35.8 Å². The molecule has 24 heavy (non-hydrogen) atoms. The summed E-state index contributed by atoms with van der Waals surface area (Å²) in [4.78, 5) is 16.4. The zero-order valence-corrected chi connectivity index (χ0v) is 13.4. The molecule has 1 heterocycles. The number of hydrogen-bond donors (Lipinski definition) is 2. The van der Waals surface area contributed by atoms with Gasteiger partial charge >= 0.3 is 0 Å². The number of benzene rings is 1. The van der Waals surface area contributed by atoms with E-state index in [1.807, 2.05) is 0 Å². The summed E-state index contributed by atoms with van der Waals surface area (Å²) in [5, 5.41) is 12.3. The fraction of sp³-hybridized carbons (Fsp3) is 0.294. The van der Waals surface area contributed by atoms with E-state index in [1.54, 1.807) is 6.07 Å². The topological polar surface area (TPSA) is 62.2 Å². The summed E-state index contributed by atoms with van der Waals surface area (Å²) in [6.45, 7) is -0.0980. The summed E-state index contributed by atoms with van der Waals surface area (Å²) in [5.74, 6) is -1.46. The first-order valence-electron chi connectivity index (χ1n) is 7.47. The van der Waals surface area contributed by atoms with Crippen molar-refractivity contribution in [2.75, 3.05) is 0 Å². The number of alkyl halides is 1. The number of aliphatic hydroxyl groups excluding tert-OH is 1. The predicted molar refractivity (Wildman–Crippen MR) is 84.5 cm³/mol. The molecule has 1 amide bonds. The Balaban J connectivity index is 1.82. The number of aromatic nitrogens is 1. The number of nitrogens with zero attached hydrogens (tertiary/aromatic N) is 1. The van der Waals surface area contributed by atoms with Gasteiger partial charge in [0.25, 0.3) is 5.91 Å². The number of carbonyl (C=O) groups excluding carboxylic acids is 1. The van der Waals surface area contributed by atoms with Crippen molar-refractivity contribution in [3.05, 3.63) is 64.2 Å². The maximum Gasteiger partial charge on any atom is 0.262 e. The van der Waals surface area contributed by atoms with Gasteiger partial charge in [0.2, 0.25) is 5.67 Å². The Morgan fingerprint density at radius 3 is 3.00 bits per heavy atom. The zero-order chi connectivity index (χ0) is 17.3. The van der Waals surface area contributed by atoms with Crippen LogP contribution in [0.25, 0.3) is 0 Å². The van der Waals surface area contributed by atoms with Gasteiger partial charge in [-0.2, -0.15) is 0 Å². The third kappa shape index (κ3) is 2.87. The molecular formula is C17H15ClF2N2O2. The number of aliphatic hydroxyl groups is 1. The highest BCUT2D eigenvalue weighted by Gasteiger charge is 2.46.